The van der Waals surface area contributed by atoms with Gasteiger partial charge in [-0.15, -0.1) is 6.42 Å². The Hall–Kier alpha value is -1.25. The maximum atomic E-state index is 5.73. The second kappa shape index (κ2) is 9.62. The van der Waals surface area contributed by atoms with Crippen molar-refractivity contribution in [3.63, 3.8) is 0 Å². The monoisotopic (exact) mass is 280 g/mol. The summed E-state index contributed by atoms with van der Waals surface area (Å²) in [6, 6.07) is 0. The Bertz CT molecular complexity index is 327. The summed E-state index contributed by atoms with van der Waals surface area (Å²) >= 11 is 0. The molecule has 1 aliphatic rings. The smallest absolute Gasteiger partial charge is 0.192 e. The van der Waals surface area contributed by atoms with Crippen LogP contribution in [0.3, 0.4) is 0 Å². The molecule has 114 valence electrons. The van der Waals surface area contributed by atoms with E-state index < -0.39 is 0 Å². The van der Waals surface area contributed by atoms with Gasteiger partial charge in [-0.25, -0.2) is 0 Å². The summed E-state index contributed by atoms with van der Waals surface area (Å²) in [4.78, 5) is 6.97. The van der Waals surface area contributed by atoms with Crippen molar-refractivity contribution in [2.75, 3.05) is 39.3 Å². The van der Waals surface area contributed by atoms with E-state index in [9.17, 15) is 0 Å². The van der Waals surface area contributed by atoms with E-state index in [4.69, 9.17) is 11.2 Å². The minimum atomic E-state index is 0.330. The van der Waals surface area contributed by atoms with Crippen LogP contribution >= 0.6 is 0 Å². The highest BCUT2D eigenvalue weighted by atomic mass is 16.5. The molecule has 2 atom stereocenters. The molecule has 2 N–H and O–H groups in total. The van der Waals surface area contributed by atoms with Crippen LogP contribution in [0.5, 0.6) is 0 Å². The maximum absolute atomic E-state index is 5.73. The fraction of sp³-hybridized carbons (Fsp3) is 0.800. The lowest BCUT2D eigenvalue weighted by Crippen LogP contribution is -2.45. The quantitative estimate of drug-likeness (QED) is 0.325. The van der Waals surface area contributed by atoms with Gasteiger partial charge in [0.1, 0.15) is 0 Å². The predicted molar refractivity (Wildman–Crippen MR) is 83.9 cm³/mol. The van der Waals surface area contributed by atoms with Crippen LogP contribution in [0.1, 0.15) is 27.2 Å². The first-order valence-electron chi connectivity index (χ1n) is 7.49. The molecule has 5 heteroatoms. The number of terminal acetylenes is 1. The van der Waals surface area contributed by atoms with E-state index in [1.165, 1.54) is 0 Å². The van der Waals surface area contributed by atoms with E-state index in [0.29, 0.717) is 18.8 Å². The summed E-state index contributed by atoms with van der Waals surface area (Å²) in [6.07, 6.45) is 6.95. The van der Waals surface area contributed by atoms with Gasteiger partial charge in [0.15, 0.2) is 5.96 Å². The highest BCUT2D eigenvalue weighted by Gasteiger charge is 2.21. The molecule has 1 saturated heterocycles. The van der Waals surface area contributed by atoms with Crippen LogP contribution in [-0.4, -0.2) is 62.3 Å². The first kappa shape index (κ1) is 16.8. The Kier molecular flexibility index (Phi) is 8.08. The predicted octanol–water partition coefficient (Wildman–Crippen LogP) is 0.674. The van der Waals surface area contributed by atoms with Crippen molar-refractivity contribution in [3.05, 3.63) is 0 Å². The summed E-state index contributed by atoms with van der Waals surface area (Å²) in [5.41, 5.74) is 0. The van der Waals surface area contributed by atoms with Crippen LogP contribution in [-0.2, 0) is 4.74 Å². The van der Waals surface area contributed by atoms with Crippen molar-refractivity contribution in [2.45, 2.75) is 39.4 Å². The van der Waals surface area contributed by atoms with E-state index in [2.05, 4.69) is 40.3 Å². The number of aliphatic imine (C=N–C) groups is 1. The lowest BCUT2D eigenvalue weighted by Gasteiger charge is -2.35. The number of rotatable bonds is 6. The highest BCUT2D eigenvalue weighted by Crippen LogP contribution is 2.10. The van der Waals surface area contributed by atoms with Gasteiger partial charge in [0.2, 0.25) is 0 Å². The third kappa shape index (κ3) is 6.78. The fourth-order valence-corrected chi connectivity index (χ4v) is 2.43. The van der Waals surface area contributed by atoms with Crippen molar-refractivity contribution in [2.24, 2.45) is 4.99 Å². The van der Waals surface area contributed by atoms with E-state index in [1.807, 2.05) is 6.92 Å². The van der Waals surface area contributed by atoms with E-state index >= 15 is 0 Å². The number of hydrogen-bond acceptors (Lipinski definition) is 3. The van der Waals surface area contributed by atoms with Gasteiger partial charge in [-0.05, 0) is 27.2 Å². The van der Waals surface area contributed by atoms with E-state index in [-0.39, 0.29) is 0 Å². The number of hydrogen-bond donors (Lipinski definition) is 2. The summed E-state index contributed by atoms with van der Waals surface area (Å²) in [7, 11) is 0. The minimum absolute atomic E-state index is 0.330. The van der Waals surface area contributed by atoms with Crippen molar-refractivity contribution >= 4 is 5.96 Å². The summed E-state index contributed by atoms with van der Waals surface area (Å²) < 4.78 is 5.73. The van der Waals surface area contributed by atoms with Gasteiger partial charge in [-0.3, -0.25) is 9.89 Å². The molecule has 1 fully saturated rings. The third-order valence-corrected chi connectivity index (χ3v) is 3.10. The third-order valence-electron chi connectivity index (χ3n) is 3.10. The molecular weight excluding hydrogens is 252 g/mol. The normalized spacial score (nSPS) is 24.2. The highest BCUT2D eigenvalue weighted by molar-refractivity contribution is 5.79. The van der Waals surface area contributed by atoms with Crippen molar-refractivity contribution in [1.82, 2.24) is 15.5 Å². The fourth-order valence-electron chi connectivity index (χ4n) is 2.43. The Morgan fingerprint density at radius 1 is 1.35 bits per heavy atom. The zero-order valence-electron chi connectivity index (χ0n) is 13.0. The molecule has 1 aliphatic heterocycles. The molecule has 0 aliphatic carbocycles. The molecule has 0 aromatic rings. The van der Waals surface area contributed by atoms with Crippen LogP contribution in [0.4, 0.5) is 0 Å². The Labute approximate surface area is 123 Å². The van der Waals surface area contributed by atoms with Gasteiger partial charge in [0, 0.05) is 32.7 Å². The zero-order valence-corrected chi connectivity index (χ0v) is 13.0. The van der Waals surface area contributed by atoms with Gasteiger partial charge >= 0.3 is 0 Å². The standard InChI is InChI=1S/C15H28N4O/c1-5-8-17-15(16-6-2)18-9-7-10-19-11-13(3)20-14(4)12-19/h1,13-14H,6-12H2,2-4H3,(H2,16,17,18). The molecule has 1 rings (SSSR count). The number of nitrogens with zero attached hydrogens (tertiary/aromatic N) is 2. The Balaban J connectivity index is 2.26. The van der Waals surface area contributed by atoms with Crippen LogP contribution < -0.4 is 10.6 Å². The van der Waals surface area contributed by atoms with Gasteiger partial charge in [0.25, 0.3) is 0 Å². The summed E-state index contributed by atoms with van der Waals surface area (Å²) in [5.74, 6) is 3.35. The van der Waals surface area contributed by atoms with E-state index in [1.54, 1.807) is 0 Å². The molecule has 2 unspecified atom stereocenters. The van der Waals surface area contributed by atoms with Gasteiger partial charge in [0.05, 0.1) is 18.8 Å². The molecule has 20 heavy (non-hydrogen) atoms. The molecule has 0 bridgehead atoms. The first-order chi connectivity index (χ1) is 9.65. The number of morpholine rings is 1. The number of ether oxygens (including phenoxy) is 1. The van der Waals surface area contributed by atoms with Gasteiger partial charge in [-0.2, -0.15) is 0 Å². The second-order valence-corrected chi connectivity index (χ2v) is 5.19. The maximum Gasteiger partial charge on any atom is 0.192 e. The molecule has 0 aromatic heterocycles. The van der Waals surface area contributed by atoms with Crippen LogP contribution in [0.15, 0.2) is 4.99 Å². The average molecular weight is 280 g/mol. The molecule has 1 heterocycles. The number of guanidine groups is 1. The molecule has 0 aromatic carbocycles. The molecular formula is C15H28N4O. The number of nitrogens with one attached hydrogen (secondary N) is 2. The largest absolute Gasteiger partial charge is 0.373 e. The van der Waals surface area contributed by atoms with Gasteiger partial charge < -0.3 is 15.4 Å². The molecule has 0 radical (unpaired) electrons. The van der Waals surface area contributed by atoms with Crippen LogP contribution in [0.25, 0.3) is 0 Å². The minimum Gasteiger partial charge on any atom is -0.373 e. The summed E-state index contributed by atoms with van der Waals surface area (Å²) in [5, 5.41) is 6.27. The Morgan fingerprint density at radius 2 is 2.05 bits per heavy atom. The van der Waals surface area contributed by atoms with Crippen molar-refractivity contribution < 1.29 is 4.74 Å². The lowest BCUT2D eigenvalue weighted by molar-refractivity contribution is -0.0679. The van der Waals surface area contributed by atoms with Gasteiger partial charge in [-0.1, -0.05) is 5.92 Å². The SMILES string of the molecule is C#CCNC(=NCCCN1CC(C)OC(C)C1)NCC. The van der Waals surface area contributed by atoms with E-state index in [0.717, 1.165) is 45.1 Å². The van der Waals surface area contributed by atoms with Crippen LogP contribution in [0, 0.1) is 12.3 Å². The second-order valence-electron chi connectivity index (χ2n) is 5.19. The van der Waals surface area contributed by atoms with Crippen molar-refractivity contribution in [3.8, 4) is 12.3 Å². The topological polar surface area (TPSA) is 48.9 Å². The lowest BCUT2D eigenvalue weighted by atomic mass is 10.2. The molecule has 0 spiro atoms. The molecule has 5 nitrogen and oxygen atoms in total. The molecule has 0 amide bonds. The van der Waals surface area contributed by atoms with Crippen LogP contribution in [0.2, 0.25) is 0 Å². The zero-order chi connectivity index (χ0) is 14.8. The average Bonchev–Trinajstić information content (AvgIpc) is 2.39. The summed E-state index contributed by atoms with van der Waals surface area (Å²) in [6.45, 7) is 11.6. The Morgan fingerprint density at radius 3 is 2.65 bits per heavy atom. The molecule has 0 saturated carbocycles. The first-order valence-corrected chi connectivity index (χ1v) is 7.49. The van der Waals surface area contributed by atoms with Crippen molar-refractivity contribution in [1.29, 1.82) is 0 Å².